The van der Waals surface area contributed by atoms with Gasteiger partial charge in [-0.15, -0.1) is 0 Å². The number of halogens is 1. The number of carbonyl (C=O) groups excluding carboxylic acids is 1. The molecule has 0 atom stereocenters. The number of nitrogens with zero attached hydrogens (tertiary/aromatic N) is 2. The molecule has 0 aliphatic heterocycles. The van der Waals surface area contributed by atoms with Crippen molar-refractivity contribution < 1.29 is 9.53 Å². The van der Waals surface area contributed by atoms with Crippen molar-refractivity contribution in [3.05, 3.63) is 40.7 Å². The lowest BCUT2D eigenvalue weighted by Gasteiger charge is -2.31. The first kappa shape index (κ1) is 19.2. The first-order valence-corrected chi connectivity index (χ1v) is 10.2. The number of ether oxygens (including phenoxy) is 1. The van der Waals surface area contributed by atoms with Crippen LogP contribution < -0.4 is 10.3 Å². The molecule has 26 heavy (non-hydrogen) atoms. The van der Waals surface area contributed by atoms with Crippen LogP contribution in [0.15, 0.2) is 35.1 Å². The van der Waals surface area contributed by atoms with E-state index in [9.17, 15) is 9.59 Å². The Kier molecular flexibility index (Phi) is 6.56. The highest BCUT2D eigenvalue weighted by molar-refractivity contribution is 14.1. The number of fused-ring (bicyclic) bond motifs is 1. The summed E-state index contributed by atoms with van der Waals surface area (Å²) in [6.45, 7) is 0.514. The van der Waals surface area contributed by atoms with E-state index in [1.807, 2.05) is 59.1 Å². The van der Waals surface area contributed by atoms with Crippen LogP contribution in [0.5, 0.6) is 5.75 Å². The molecule has 2 aromatic rings. The maximum Gasteiger partial charge on any atom is 0.259 e. The summed E-state index contributed by atoms with van der Waals surface area (Å²) in [5, 5.41) is 0.963. The van der Waals surface area contributed by atoms with Crippen molar-refractivity contribution in [2.75, 3.05) is 13.7 Å². The van der Waals surface area contributed by atoms with Gasteiger partial charge < -0.3 is 9.64 Å². The van der Waals surface area contributed by atoms with Gasteiger partial charge in [-0.25, -0.2) is 2.78 Å². The lowest BCUT2D eigenvalue weighted by atomic mass is 9.94. The Labute approximate surface area is 167 Å². The van der Waals surface area contributed by atoms with Gasteiger partial charge in [-0.1, -0.05) is 19.3 Å². The number of benzene rings is 1. The molecule has 1 saturated carbocycles. The monoisotopic (exact) mass is 468 g/mol. The third-order valence-electron chi connectivity index (χ3n) is 5.13. The van der Waals surface area contributed by atoms with Crippen molar-refractivity contribution in [1.82, 2.24) is 7.68 Å². The van der Waals surface area contributed by atoms with Gasteiger partial charge in [0.15, 0.2) is 0 Å². The highest BCUT2D eigenvalue weighted by Crippen LogP contribution is 2.23. The van der Waals surface area contributed by atoms with Gasteiger partial charge in [0.05, 0.1) is 35.0 Å². The minimum absolute atomic E-state index is 0.0348. The molecule has 1 aromatic heterocycles. The summed E-state index contributed by atoms with van der Waals surface area (Å²) >= 11 is 2.00. The molecule has 0 saturated heterocycles. The number of hydrogen-bond acceptors (Lipinski definition) is 3. The van der Waals surface area contributed by atoms with Gasteiger partial charge in [0.2, 0.25) is 5.91 Å². The predicted molar refractivity (Wildman–Crippen MR) is 112 cm³/mol. The zero-order valence-corrected chi connectivity index (χ0v) is 17.3. The number of carbonyl (C=O) groups is 1. The molecule has 1 heterocycles. The van der Waals surface area contributed by atoms with E-state index in [2.05, 4.69) is 0 Å². The second-order valence-corrected chi connectivity index (χ2v) is 7.89. The van der Waals surface area contributed by atoms with E-state index < -0.39 is 0 Å². The van der Waals surface area contributed by atoms with E-state index in [4.69, 9.17) is 4.74 Å². The van der Waals surface area contributed by atoms with Crippen molar-refractivity contribution in [2.45, 2.75) is 51.0 Å². The third-order valence-corrected chi connectivity index (χ3v) is 6.12. The summed E-state index contributed by atoms with van der Waals surface area (Å²) in [7, 11) is 1.94. The summed E-state index contributed by atoms with van der Waals surface area (Å²) in [5.41, 5.74) is 0.835. The van der Waals surface area contributed by atoms with Crippen LogP contribution in [0.1, 0.15) is 44.9 Å². The van der Waals surface area contributed by atoms with E-state index in [1.54, 1.807) is 8.85 Å². The Bertz CT molecular complexity index is 827. The molecular weight excluding hydrogens is 443 g/mol. The van der Waals surface area contributed by atoms with E-state index in [1.165, 1.54) is 19.3 Å². The molecule has 3 rings (SSSR count). The first-order valence-electron chi connectivity index (χ1n) is 9.27. The fraction of sp³-hybridized carbons (Fsp3) is 0.500. The summed E-state index contributed by atoms with van der Waals surface area (Å²) in [6.07, 6.45) is 7.27. The average molecular weight is 468 g/mol. The molecule has 5 nitrogen and oxygen atoms in total. The van der Waals surface area contributed by atoms with Crippen LogP contribution in [0.3, 0.4) is 0 Å². The van der Waals surface area contributed by atoms with Gasteiger partial charge in [0.1, 0.15) is 5.75 Å². The molecule has 0 spiro atoms. The topological polar surface area (TPSA) is 51.5 Å². The average Bonchev–Trinajstić information content (AvgIpc) is 2.68. The quantitative estimate of drug-likeness (QED) is 0.473. The number of pyridine rings is 1. The minimum atomic E-state index is -0.0348. The smallest absolute Gasteiger partial charge is 0.259 e. The van der Waals surface area contributed by atoms with E-state index in [0.29, 0.717) is 25.5 Å². The largest absolute Gasteiger partial charge is 0.494 e. The Balaban J connectivity index is 1.48. The summed E-state index contributed by atoms with van der Waals surface area (Å²) < 4.78 is 7.39. The van der Waals surface area contributed by atoms with Gasteiger partial charge >= 0.3 is 0 Å². The van der Waals surface area contributed by atoms with Gasteiger partial charge in [0, 0.05) is 31.0 Å². The fourth-order valence-corrected chi connectivity index (χ4v) is 4.14. The van der Waals surface area contributed by atoms with E-state index in [-0.39, 0.29) is 11.5 Å². The molecule has 6 heteroatoms. The molecule has 140 valence electrons. The molecular formula is C20H25IN2O3. The maximum absolute atomic E-state index is 12.3. The van der Waals surface area contributed by atoms with Crippen LogP contribution in [-0.2, 0) is 4.79 Å². The van der Waals surface area contributed by atoms with Gasteiger partial charge in [-0.2, -0.15) is 0 Å². The Morgan fingerprint density at radius 1 is 1.23 bits per heavy atom. The summed E-state index contributed by atoms with van der Waals surface area (Å²) in [4.78, 5) is 25.9. The maximum atomic E-state index is 12.3. The van der Waals surface area contributed by atoms with Crippen LogP contribution in [0.25, 0.3) is 10.9 Å². The van der Waals surface area contributed by atoms with Crippen molar-refractivity contribution in [3.8, 4) is 5.75 Å². The van der Waals surface area contributed by atoms with Crippen LogP contribution >= 0.6 is 22.9 Å². The Morgan fingerprint density at radius 3 is 2.77 bits per heavy atom. The van der Waals surface area contributed by atoms with Crippen molar-refractivity contribution in [1.29, 1.82) is 0 Å². The van der Waals surface area contributed by atoms with Crippen LogP contribution in [0, 0.1) is 0 Å². The number of rotatable bonds is 6. The normalized spacial score (nSPS) is 15.2. The van der Waals surface area contributed by atoms with Crippen molar-refractivity contribution in [2.24, 2.45) is 0 Å². The van der Waals surface area contributed by atoms with Crippen LogP contribution in [-0.4, -0.2) is 33.3 Å². The predicted octanol–water partition coefficient (Wildman–Crippen LogP) is 4.15. The zero-order chi connectivity index (χ0) is 18.5. The van der Waals surface area contributed by atoms with Crippen LogP contribution in [0.4, 0.5) is 0 Å². The fourth-order valence-electron chi connectivity index (χ4n) is 3.54. The molecule has 1 aliphatic carbocycles. The van der Waals surface area contributed by atoms with Crippen molar-refractivity contribution in [3.63, 3.8) is 0 Å². The molecule has 0 N–H and O–H groups in total. The summed E-state index contributed by atoms with van der Waals surface area (Å²) in [6, 6.07) is 9.47. The van der Waals surface area contributed by atoms with Gasteiger partial charge in [-0.05, 0) is 43.5 Å². The molecule has 0 bridgehead atoms. The Hall–Kier alpha value is -1.57. The van der Waals surface area contributed by atoms with Crippen molar-refractivity contribution >= 4 is 39.7 Å². The molecule has 1 fully saturated rings. The second-order valence-electron chi connectivity index (χ2n) is 6.92. The molecule has 1 amide bonds. The van der Waals surface area contributed by atoms with Gasteiger partial charge in [0.25, 0.3) is 5.56 Å². The number of hydrogen-bond donors (Lipinski definition) is 0. The second kappa shape index (κ2) is 8.88. The molecule has 1 aromatic carbocycles. The number of amides is 1. The SMILES string of the molecule is CN(C(=O)CCCOc1ccc2c(ccc(=O)n2I)c1)C1CCCCC1. The molecule has 0 unspecified atom stereocenters. The van der Waals surface area contributed by atoms with Crippen LogP contribution in [0.2, 0.25) is 0 Å². The Morgan fingerprint density at radius 2 is 2.00 bits per heavy atom. The highest BCUT2D eigenvalue weighted by atomic mass is 127. The van der Waals surface area contributed by atoms with Gasteiger partial charge in [-0.3, -0.25) is 9.59 Å². The minimum Gasteiger partial charge on any atom is -0.494 e. The lowest BCUT2D eigenvalue weighted by Crippen LogP contribution is -2.38. The standard InChI is InChI=1S/C20H25IN2O3/c1-22(16-6-3-2-4-7-16)19(24)8-5-13-26-17-10-11-18-15(14-17)9-12-20(25)23(18)21/h9-12,14,16H,2-8,13H2,1H3. The summed E-state index contributed by atoms with van der Waals surface area (Å²) in [5.74, 6) is 0.980. The first-order chi connectivity index (χ1) is 12.6. The lowest BCUT2D eigenvalue weighted by molar-refractivity contribution is -0.132. The number of aromatic nitrogens is 1. The van der Waals surface area contributed by atoms with E-state index in [0.717, 1.165) is 29.5 Å². The third kappa shape index (κ3) is 4.58. The molecule has 0 radical (unpaired) electrons. The zero-order valence-electron chi connectivity index (χ0n) is 15.1. The van der Waals surface area contributed by atoms with E-state index >= 15 is 0 Å². The molecule has 1 aliphatic rings. The highest BCUT2D eigenvalue weighted by Gasteiger charge is 2.21.